The average Bonchev–Trinajstić information content (AvgIpc) is 3.78. The molecule has 4 heterocycles. The van der Waals surface area contributed by atoms with Gasteiger partial charge in [-0.3, -0.25) is 4.57 Å². The standard InChI is InChI=1S/C32H38N3O4PSi/c1-3-28-29(21-31(37-28)35-26-18-11-10-17-25(26)33-32(35)36)38-40-34-20-12-19-27(34)30(39-40)22-41(2,23-13-6-4-7-14-23)24-15-8-5-9-16-24/h4-11,13-18,27-31H,3,12,19-22H2,1-2H3,(H,33,36)/t27-,28+,29?,30+,31+,40-/m0/s1. The molecule has 4 aromatic rings. The lowest BCUT2D eigenvalue weighted by Crippen LogP contribution is -2.58. The van der Waals surface area contributed by atoms with E-state index in [9.17, 15) is 4.79 Å². The molecule has 3 aliphatic rings. The van der Waals surface area contributed by atoms with Crippen molar-refractivity contribution in [3.63, 3.8) is 0 Å². The van der Waals surface area contributed by atoms with Gasteiger partial charge in [0.2, 0.25) is 0 Å². The van der Waals surface area contributed by atoms with Gasteiger partial charge in [-0.05, 0) is 37.4 Å². The van der Waals surface area contributed by atoms with E-state index < -0.39 is 16.6 Å². The highest BCUT2D eigenvalue weighted by Crippen LogP contribution is 2.59. The fraction of sp³-hybridized carbons (Fsp3) is 0.406. The van der Waals surface area contributed by atoms with Crippen molar-refractivity contribution < 1.29 is 13.8 Å². The van der Waals surface area contributed by atoms with Crippen molar-refractivity contribution >= 4 is 38.0 Å². The zero-order valence-corrected chi connectivity index (χ0v) is 25.6. The van der Waals surface area contributed by atoms with E-state index >= 15 is 0 Å². The molecule has 214 valence electrons. The Hall–Kier alpha value is -2.58. The van der Waals surface area contributed by atoms with Crippen molar-refractivity contribution in [3.05, 3.63) is 95.4 Å². The number of hydrogen-bond acceptors (Lipinski definition) is 5. The summed E-state index contributed by atoms with van der Waals surface area (Å²) < 4.78 is 24.5. The minimum Gasteiger partial charge on any atom is -0.352 e. The summed E-state index contributed by atoms with van der Waals surface area (Å²) in [6.45, 7) is 5.63. The zero-order valence-electron chi connectivity index (χ0n) is 23.7. The number of para-hydroxylation sites is 2. The number of ether oxygens (including phenoxy) is 1. The summed E-state index contributed by atoms with van der Waals surface area (Å²) in [5.41, 5.74) is 1.56. The molecule has 7 nitrogen and oxygen atoms in total. The number of hydrogen-bond donors (Lipinski definition) is 1. The predicted octanol–water partition coefficient (Wildman–Crippen LogP) is 5.40. The fourth-order valence-electron chi connectivity index (χ4n) is 7.09. The molecule has 0 aliphatic carbocycles. The second-order valence-electron chi connectivity index (χ2n) is 11.8. The number of imidazole rings is 1. The maximum atomic E-state index is 12.9. The van der Waals surface area contributed by atoms with Crippen molar-refractivity contribution in [3.8, 4) is 0 Å². The number of fused-ring (bicyclic) bond motifs is 2. The van der Waals surface area contributed by atoms with Gasteiger partial charge in [0, 0.05) is 19.0 Å². The van der Waals surface area contributed by atoms with Gasteiger partial charge < -0.3 is 18.8 Å². The van der Waals surface area contributed by atoms with Gasteiger partial charge in [-0.15, -0.1) is 0 Å². The molecule has 3 aromatic carbocycles. The van der Waals surface area contributed by atoms with E-state index in [1.54, 1.807) is 4.57 Å². The van der Waals surface area contributed by atoms with Crippen molar-refractivity contribution in [2.45, 2.75) is 75.8 Å². The van der Waals surface area contributed by atoms with Crippen molar-refractivity contribution in [1.82, 2.24) is 14.2 Å². The van der Waals surface area contributed by atoms with E-state index in [1.807, 2.05) is 24.3 Å². The molecule has 7 rings (SSSR count). The summed E-state index contributed by atoms with van der Waals surface area (Å²) in [7, 11) is -3.26. The first-order chi connectivity index (χ1) is 20.0. The molecule has 3 aliphatic heterocycles. The van der Waals surface area contributed by atoms with Crippen molar-refractivity contribution in [2.75, 3.05) is 6.54 Å². The number of nitrogens with zero attached hydrogens (tertiary/aromatic N) is 2. The molecule has 41 heavy (non-hydrogen) atoms. The van der Waals surface area contributed by atoms with Crippen LogP contribution in [0.5, 0.6) is 0 Å². The second-order valence-corrected chi connectivity index (χ2v) is 17.4. The average molecular weight is 588 g/mol. The predicted molar refractivity (Wildman–Crippen MR) is 166 cm³/mol. The monoisotopic (exact) mass is 587 g/mol. The van der Waals surface area contributed by atoms with Crippen LogP contribution in [-0.2, 0) is 13.8 Å². The van der Waals surface area contributed by atoms with E-state index in [0.29, 0.717) is 12.5 Å². The Balaban J connectivity index is 1.13. The van der Waals surface area contributed by atoms with Gasteiger partial charge in [0.25, 0.3) is 8.53 Å². The largest absolute Gasteiger partial charge is 0.352 e. The number of H-pyrrole nitrogens is 1. The third-order valence-electron chi connectivity index (χ3n) is 9.29. The Labute approximate surface area is 243 Å². The first kappa shape index (κ1) is 27.3. The lowest BCUT2D eigenvalue weighted by Gasteiger charge is -2.32. The zero-order chi connectivity index (χ0) is 28.0. The Bertz CT molecular complexity index is 1510. The summed E-state index contributed by atoms with van der Waals surface area (Å²) in [5.74, 6) is 0. The molecule has 3 fully saturated rings. The van der Waals surface area contributed by atoms with E-state index in [-0.39, 0.29) is 30.2 Å². The van der Waals surface area contributed by atoms with Crippen LogP contribution in [0.4, 0.5) is 0 Å². The summed E-state index contributed by atoms with van der Waals surface area (Å²) in [6, 6.07) is 31.3. The highest BCUT2D eigenvalue weighted by atomic mass is 31.2. The molecule has 1 unspecified atom stereocenters. The fourth-order valence-corrected chi connectivity index (χ4v) is 13.1. The number of aromatic nitrogens is 2. The molecule has 0 radical (unpaired) electrons. The molecular formula is C32H38N3O4PSi. The number of aromatic amines is 1. The first-order valence-electron chi connectivity index (χ1n) is 14.9. The molecule has 1 N–H and O–H groups in total. The highest BCUT2D eigenvalue weighted by Gasteiger charge is 2.51. The minimum absolute atomic E-state index is 0.0833. The van der Waals surface area contributed by atoms with Crippen LogP contribution in [0.2, 0.25) is 12.6 Å². The maximum Gasteiger partial charge on any atom is 0.328 e. The van der Waals surface area contributed by atoms with Crippen LogP contribution in [0.1, 0.15) is 38.8 Å². The van der Waals surface area contributed by atoms with Crippen molar-refractivity contribution in [1.29, 1.82) is 0 Å². The first-order valence-corrected chi connectivity index (χ1v) is 18.7. The van der Waals surface area contributed by atoms with E-state index in [1.165, 1.54) is 16.8 Å². The summed E-state index contributed by atoms with van der Waals surface area (Å²) in [5, 5.41) is 2.89. The van der Waals surface area contributed by atoms with E-state index in [0.717, 1.165) is 36.5 Å². The van der Waals surface area contributed by atoms with Crippen molar-refractivity contribution in [2.24, 2.45) is 0 Å². The van der Waals surface area contributed by atoms with Gasteiger partial charge in [-0.2, -0.15) is 0 Å². The summed E-state index contributed by atoms with van der Waals surface area (Å²) in [4.78, 5) is 15.9. The van der Waals surface area contributed by atoms with Crippen LogP contribution in [0.25, 0.3) is 11.0 Å². The van der Waals surface area contributed by atoms with Gasteiger partial charge in [0.15, 0.2) is 0 Å². The summed E-state index contributed by atoms with van der Waals surface area (Å²) >= 11 is 0. The quantitative estimate of drug-likeness (QED) is 0.221. The van der Waals surface area contributed by atoms with Crippen LogP contribution < -0.4 is 16.1 Å². The Kier molecular flexibility index (Phi) is 7.48. The smallest absolute Gasteiger partial charge is 0.328 e. The molecule has 0 saturated carbocycles. The van der Waals surface area contributed by atoms with Gasteiger partial charge >= 0.3 is 5.69 Å². The van der Waals surface area contributed by atoms with Gasteiger partial charge in [0.1, 0.15) is 14.3 Å². The Morgan fingerprint density at radius 1 is 0.976 bits per heavy atom. The van der Waals surface area contributed by atoms with E-state index in [2.05, 4.69) is 83.8 Å². The molecule has 0 amide bonds. The molecule has 0 bridgehead atoms. The molecule has 1 aromatic heterocycles. The van der Waals surface area contributed by atoms with Gasteiger partial charge in [0.05, 0.1) is 29.3 Å². The Morgan fingerprint density at radius 2 is 1.66 bits per heavy atom. The second kappa shape index (κ2) is 11.2. The summed E-state index contributed by atoms with van der Waals surface area (Å²) in [6.07, 6.45) is 3.34. The maximum absolute atomic E-state index is 12.9. The number of rotatable bonds is 8. The van der Waals surface area contributed by atoms with Gasteiger partial charge in [-0.1, -0.05) is 96.6 Å². The van der Waals surface area contributed by atoms with Crippen LogP contribution in [0.3, 0.4) is 0 Å². The third kappa shape index (κ3) is 4.95. The normalized spacial score (nSPS) is 28.4. The number of nitrogens with one attached hydrogen (secondary N) is 1. The topological polar surface area (TPSA) is 68.7 Å². The van der Waals surface area contributed by atoms with Crippen LogP contribution in [0, 0.1) is 0 Å². The number of benzene rings is 3. The third-order valence-corrected chi connectivity index (χ3v) is 15.5. The van der Waals surface area contributed by atoms with E-state index in [4.69, 9.17) is 13.8 Å². The molecule has 0 spiro atoms. The highest BCUT2D eigenvalue weighted by molar-refractivity contribution is 7.45. The Morgan fingerprint density at radius 3 is 2.37 bits per heavy atom. The lowest BCUT2D eigenvalue weighted by atomic mass is 10.1. The lowest BCUT2D eigenvalue weighted by molar-refractivity contribution is -0.0162. The molecular weight excluding hydrogens is 549 g/mol. The van der Waals surface area contributed by atoms with Crippen LogP contribution in [-0.4, -0.2) is 53.2 Å². The van der Waals surface area contributed by atoms with Crippen LogP contribution in [0.15, 0.2) is 89.7 Å². The molecule has 3 saturated heterocycles. The van der Waals surface area contributed by atoms with Crippen LogP contribution >= 0.6 is 8.53 Å². The minimum atomic E-state index is -2.06. The molecule has 9 heteroatoms. The molecule has 6 atom stereocenters. The SMILES string of the molecule is CC[C@H]1O[C@@H](n2c(=O)[nH]c3ccccc32)CC1O[P@@]1O[C@H](C[Si](C)(c2ccccc2)c2ccccc2)[C@@H]2CCCN21. The van der Waals surface area contributed by atoms with Gasteiger partial charge in [-0.25, -0.2) is 9.46 Å².